The number of guanidine groups is 1. The Hall–Kier alpha value is -0.410. The Balaban J connectivity index is 0.00000264. The van der Waals surface area contributed by atoms with Gasteiger partial charge in [0.25, 0.3) is 0 Å². The highest BCUT2D eigenvalue weighted by Crippen LogP contribution is 2.26. The van der Waals surface area contributed by atoms with Crippen LogP contribution < -0.4 is 10.6 Å². The van der Waals surface area contributed by atoms with Crippen molar-refractivity contribution in [1.82, 2.24) is 20.5 Å². The van der Waals surface area contributed by atoms with Crippen LogP contribution in [0.5, 0.6) is 0 Å². The SMILES string of the molecule is CN=C(NCCc1nc(C)c(C)s1)NCC(C)N(C)C1CC1.I. The molecule has 1 saturated carbocycles. The Labute approximate surface area is 161 Å². The van der Waals surface area contributed by atoms with Crippen LogP contribution in [0.25, 0.3) is 0 Å². The maximum atomic E-state index is 4.57. The third kappa shape index (κ3) is 6.54. The highest BCUT2D eigenvalue weighted by atomic mass is 127. The van der Waals surface area contributed by atoms with Crippen LogP contribution in [-0.2, 0) is 6.42 Å². The largest absolute Gasteiger partial charge is 0.356 e. The number of thiazole rings is 1. The van der Waals surface area contributed by atoms with Crippen LogP contribution in [0.1, 0.15) is 35.3 Å². The third-order valence-corrected chi connectivity index (χ3v) is 5.44. The number of aryl methyl sites for hydroxylation is 2. The van der Waals surface area contributed by atoms with Gasteiger partial charge in [-0.05, 0) is 40.7 Å². The van der Waals surface area contributed by atoms with Crippen LogP contribution in [0, 0.1) is 13.8 Å². The zero-order valence-electron chi connectivity index (χ0n) is 14.8. The Morgan fingerprint density at radius 1 is 1.39 bits per heavy atom. The van der Waals surface area contributed by atoms with Gasteiger partial charge in [-0.1, -0.05) is 0 Å². The molecule has 1 aromatic rings. The van der Waals surface area contributed by atoms with Gasteiger partial charge >= 0.3 is 0 Å². The molecule has 1 aliphatic rings. The van der Waals surface area contributed by atoms with Crippen molar-refractivity contribution in [1.29, 1.82) is 0 Å². The summed E-state index contributed by atoms with van der Waals surface area (Å²) in [5.74, 6) is 0.876. The van der Waals surface area contributed by atoms with E-state index in [1.807, 2.05) is 7.05 Å². The lowest BCUT2D eigenvalue weighted by atomic mass is 10.3. The van der Waals surface area contributed by atoms with Crippen molar-refractivity contribution in [3.63, 3.8) is 0 Å². The zero-order chi connectivity index (χ0) is 16.1. The van der Waals surface area contributed by atoms with Crippen molar-refractivity contribution in [3.05, 3.63) is 15.6 Å². The Kier molecular flexibility index (Phi) is 8.78. The fraction of sp³-hybridized carbons (Fsp3) is 0.750. The smallest absolute Gasteiger partial charge is 0.191 e. The van der Waals surface area contributed by atoms with Gasteiger partial charge in [0.2, 0.25) is 0 Å². The standard InChI is InChI=1S/C16H29N5S.HI/c1-11(21(5)14-6-7-14)10-19-16(17-4)18-9-8-15-20-12(2)13(3)22-15;/h11,14H,6-10H2,1-5H3,(H2,17,18,19);1H. The van der Waals surface area contributed by atoms with Gasteiger partial charge in [-0.3, -0.25) is 9.89 Å². The van der Waals surface area contributed by atoms with Crippen LogP contribution in [-0.4, -0.2) is 55.1 Å². The number of likely N-dealkylation sites (N-methyl/N-ethyl adjacent to an activating group) is 1. The van der Waals surface area contributed by atoms with Crippen molar-refractivity contribution in [2.24, 2.45) is 4.99 Å². The second-order valence-electron chi connectivity index (χ2n) is 6.12. The molecule has 0 aliphatic heterocycles. The Morgan fingerprint density at radius 3 is 2.61 bits per heavy atom. The quantitative estimate of drug-likeness (QED) is 0.380. The number of hydrogen-bond donors (Lipinski definition) is 2. The highest BCUT2D eigenvalue weighted by Gasteiger charge is 2.28. The molecule has 1 unspecified atom stereocenters. The summed E-state index contributed by atoms with van der Waals surface area (Å²) in [6.07, 6.45) is 3.64. The van der Waals surface area contributed by atoms with Crippen LogP contribution in [0.4, 0.5) is 0 Å². The first-order valence-electron chi connectivity index (χ1n) is 8.10. The molecule has 132 valence electrons. The number of hydrogen-bond acceptors (Lipinski definition) is 4. The molecular weight excluding hydrogens is 421 g/mol. The van der Waals surface area contributed by atoms with E-state index >= 15 is 0 Å². The predicted molar refractivity (Wildman–Crippen MR) is 110 cm³/mol. The number of halogens is 1. The molecule has 1 heterocycles. The Bertz CT molecular complexity index is 493. The Morgan fingerprint density at radius 2 is 2.09 bits per heavy atom. The van der Waals surface area contributed by atoms with Crippen molar-refractivity contribution >= 4 is 41.3 Å². The number of aliphatic imine (C=N–C) groups is 1. The van der Waals surface area contributed by atoms with Gasteiger partial charge in [-0.25, -0.2) is 4.98 Å². The normalized spacial score (nSPS) is 16.2. The van der Waals surface area contributed by atoms with Gasteiger partial charge < -0.3 is 10.6 Å². The molecule has 2 N–H and O–H groups in total. The topological polar surface area (TPSA) is 52.6 Å². The first-order chi connectivity index (χ1) is 10.5. The maximum absolute atomic E-state index is 4.57. The summed E-state index contributed by atoms with van der Waals surface area (Å²) in [6, 6.07) is 1.32. The van der Waals surface area contributed by atoms with E-state index in [9.17, 15) is 0 Å². The second kappa shape index (κ2) is 9.78. The van der Waals surface area contributed by atoms with E-state index in [0.29, 0.717) is 6.04 Å². The molecule has 2 rings (SSSR count). The van der Waals surface area contributed by atoms with Crippen LogP contribution in [0.2, 0.25) is 0 Å². The summed E-state index contributed by atoms with van der Waals surface area (Å²) in [4.78, 5) is 12.6. The van der Waals surface area contributed by atoms with E-state index < -0.39 is 0 Å². The molecule has 1 aromatic heterocycles. The average molecular weight is 451 g/mol. The first kappa shape index (κ1) is 20.6. The molecule has 1 fully saturated rings. The van der Waals surface area contributed by atoms with E-state index in [1.54, 1.807) is 11.3 Å². The minimum absolute atomic E-state index is 0. The lowest BCUT2D eigenvalue weighted by Crippen LogP contribution is -2.45. The molecule has 0 radical (unpaired) electrons. The minimum atomic E-state index is 0. The molecule has 0 bridgehead atoms. The first-order valence-corrected chi connectivity index (χ1v) is 8.92. The monoisotopic (exact) mass is 451 g/mol. The van der Waals surface area contributed by atoms with Crippen molar-refractivity contribution in [2.45, 2.75) is 52.1 Å². The molecule has 0 spiro atoms. The van der Waals surface area contributed by atoms with Gasteiger partial charge in [0.1, 0.15) is 0 Å². The number of nitrogens with zero attached hydrogens (tertiary/aromatic N) is 3. The molecule has 5 nitrogen and oxygen atoms in total. The zero-order valence-corrected chi connectivity index (χ0v) is 18.0. The minimum Gasteiger partial charge on any atom is -0.356 e. The molecule has 0 amide bonds. The lowest BCUT2D eigenvalue weighted by Gasteiger charge is -2.25. The summed E-state index contributed by atoms with van der Waals surface area (Å²) in [5.41, 5.74) is 1.15. The van der Waals surface area contributed by atoms with E-state index in [1.165, 1.54) is 22.7 Å². The molecule has 1 atom stereocenters. The van der Waals surface area contributed by atoms with Gasteiger partial charge in [-0.2, -0.15) is 0 Å². The fourth-order valence-electron chi connectivity index (χ4n) is 2.38. The van der Waals surface area contributed by atoms with Gasteiger partial charge in [0.05, 0.1) is 10.7 Å². The van der Waals surface area contributed by atoms with Gasteiger partial charge in [0.15, 0.2) is 5.96 Å². The lowest BCUT2D eigenvalue weighted by molar-refractivity contribution is 0.247. The number of aromatic nitrogens is 1. The van der Waals surface area contributed by atoms with Gasteiger partial charge in [-0.15, -0.1) is 35.3 Å². The van der Waals surface area contributed by atoms with E-state index in [-0.39, 0.29) is 24.0 Å². The molecule has 7 heteroatoms. The number of nitrogens with one attached hydrogen (secondary N) is 2. The van der Waals surface area contributed by atoms with Crippen LogP contribution in [0.15, 0.2) is 4.99 Å². The van der Waals surface area contributed by atoms with Crippen molar-refractivity contribution in [2.75, 3.05) is 27.2 Å². The van der Waals surface area contributed by atoms with Gasteiger partial charge in [0, 0.05) is 43.5 Å². The van der Waals surface area contributed by atoms with Crippen LogP contribution >= 0.6 is 35.3 Å². The third-order valence-electron chi connectivity index (χ3n) is 4.31. The predicted octanol–water partition coefficient (Wildman–Crippen LogP) is 2.57. The maximum Gasteiger partial charge on any atom is 0.191 e. The molecule has 0 saturated heterocycles. The van der Waals surface area contributed by atoms with Crippen molar-refractivity contribution < 1.29 is 0 Å². The van der Waals surface area contributed by atoms with E-state index in [0.717, 1.165) is 37.2 Å². The summed E-state index contributed by atoms with van der Waals surface area (Å²) >= 11 is 1.79. The summed E-state index contributed by atoms with van der Waals surface area (Å²) in [7, 11) is 4.04. The van der Waals surface area contributed by atoms with E-state index in [4.69, 9.17) is 0 Å². The molecule has 1 aliphatic carbocycles. The molecule has 23 heavy (non-hydrogen) atoms. The summed E-state index contributed by atoms with van der Waals surface area (Å²) < 4.78 is 0. The molecular formula is C16H30IN5S. The summed E-state index contributed by atoms with van der Waals surface area (Å²) in [6.45, 7) is 8.24. The fourth-order valence-corrected chi connectivity index (χ4v) is 3.32. The average Bonchev–Trinajstić information content (AvgIpc) is 3.29. The summed E-state index contributed by atoms with van der Waals surface area (Å²) in [5, 5.41) is 7.98. The molecule has 0 aromatic carbocycles. The van der Waals surface area contributed by atoms with E-state index in [2.05, 4.69) is 53.3 Å². The van der Waals surface area contributed by atoms with Crippen molar-refractivity contribution in [3.8, 4) is 0 Å². The number of rotatable bonds is 7. The van der Waals surface area contributed by atoms with Crippen LogP contribution in [0.3, 0.4) is 0 Å². The second-order valence-corrected chi connectivity index (χ2v) is 7.41. The highest BCUT2D eigenvalue weighted by molar-refractivity contribution is 14.0.